The number of carbonyl (C=O) groups excluding carboxylic acids is 1. The van der Waals surface area contributed by atoms with Gasteiger partial charge in [0.1, 0.15) is 0 Å². The maximum atomic E-state index is 11.4. The molecule has 1 aromatic heterocycles. The van der Waals surface area contributed by atoms with E-state index in [1.54, 1.807) is 0 Å². The molecule has 0 fully saturated rings. The maximum Gasteiger partial charge on any atom is 0.337 e. The Bertz CT molecular complexity index is 639. The fourth-order valence-electron chi connectivity index (χ4n) is 2.63. The quantitative estimate of drug-likeness (QED) is 0.802. The molecule has 1 heterocycles. The number of carbonyl (C=O) groups is 1. The van der Waals surface area contributed by atoms with Crippen molar-refractivity contribution < 1.29 is 9.53 Å². The van der Waals surface area contributed by atoms with Crippen LogP contribution in [0.1, 0.15) is 39.7 Å². The second kappa shape index (κ2) is 6.31. The van der Waals surface area contributed by atoms with Crippen molar-refractivity contribution in [2.75, 3.05) is 7.11 Å². The van der Waals surface area contributed by atoms with Crippen molar-refractivity contribution in [1.29, 1.82) is 0 Å². The van der Waals surface area contributed by atoms with E-state index in [0.29, 0.717) is 10.8 Å². The standard InChI is InChI=1S/C17H17NO2S/c1-20-17(19)13-7-9-14(10-8-13)21-15-6-2-4-12-5-3-11-18-16(12)15/h3,5,7-11,15H,2,4,6H2,1H3. The lowest BCUT2D eigenvalue weighted by Gasteiger charge is -2.23. The Labute approximate surface area is 128 Å². The van der Waals surface area contributed by atoms with Crippen molar-refractivity contribution in [3.63, 3.8) is 0 Å². The average molecular weight is 299 g/mol. The lowest BCUT2D eigenvalue weighted by atomic mass is 9.96. The Morgan fingerprint density at radius 1 is 1.29 bits per heavy atom. The Kier molecular flexibility index (Phi) is 4.25. The van der Waals surface area contributed by atoms with Crippen LogP contribution in [0.5, 0.6) is 0 Å². The fourth-order valence-corrected chi connectivity index (χ4v) is 3.86. The van der Waals surface area contributed by atoms with Gasteiger partial charge in [0.15, 0.2) is 0 Å². The van der Waals surface area contributed by atoms with E-state index in [2.05, 4.69) is 11.1 Å². The molecule has 1 atom stereocenters. The van der Waals surface area contributed by atoms with E-state index in [4.69, 9.17) is 4.74 Å². The summed E-state index contributed by atoms with van der Waals surface area (Å²) in [5.41, 5.74) is 3.17. The van der Waals surface area contributed by atoms with Gasteiger partial charge in [0, 0.05) is 11.1 Å². The number of ether oxygens (including phenoxy) is 1. The van der Waals surface area contributed by atoms with Crippen molar-refractivity contribution in [2.45, 2.75) is 29.4 Å². The maximum absolute atomic E-state index is 11.4. The molecule has 0 bridgehead atoms. The van der Waals surface area contributed by atoms with Gasteiger partial charge in [-0.05, 0) is 55.2 Å². The van der Waals surface area contributed by atoms with E-state index in [-0.39, 0.29) is 5.97 Å². The van der Waals surface area contributed by atoms with E-state index in [0.717, 1.165) is 17.7 Å². The number of aromatic nitrogens is 1. The smallest absolute Gasteiger partial charge is 0.337 e. The summed E-state index contributed by atoms with van der Waals surface area (Å²) in [6.45, 7) is 0. The Hall–Kier alpha value is -1.81. The van der Waals surface area contributed by atoms with Crippen LogP contribution < -0.4 is 0 Å². The number of hydrogen-bond acceptors (Lipinski definition) is 4. The molecule has 0 spiro atoms. The summed E-state index contributed by atoms with van der Waals surface area (Å²) >= 11 is 1.82. The third-order valence-corrected chi connectivity index (χ3v) is 4.99. The predicted molar refractivity (Wildman–Crippen MR) is 83.6 cm³/mol. The highest BCUT2D eigenvalue weighted by Crippen LogP contribution is 2.42. The van der Waals surface area contributed by atoms with Gasteiger partial charge in [-0.25, -0.2) is 4.79 Å². The molecule has 1 aliphatic carbocycles. The number of nitrogens with zero attached hydrogens (tertiary/aromatic N) is 1. The monoisotopic (exact) mass is 299 g/mol. The molecule has 0 saturated heterocycles. The van der Waals surface area contributed by atoms with Gasteiger partial charge in [-0.2, -0.15) is 0 Å². The summed E-state index contributed by atoms with van der Waals surface area (Å²) in [7, 11) is 1.40. The zero-order valence-corrected chi connectivity index (χ0v) is 12.7. The molecule has 0 saturated carbocycles. The summed E-state index contributed by atoms with van der Waals surface area (Å²) < 4.78 is 4.72. The van der Waals surface area contributed by atoms with Gasteiger partial charge in [-0.1, -0.05) is 6.07 Å². The van der Waals surface area contributed by atoms with E-state index >= 15 is 0 Å². The highest BCUT2D eigenvalue weighted by atomic mass is 32.2. The van der Waals surface area contributed by atoms with E-state index < -0.39 is 0 Å². The molecule has 21 heavy (non-hydrogen) atoms. The zero-order chi connectivity index (χ0) is 14.7. The van der Waals surface area contributed by atoms with Crippen molar-refractivity contribution >= 4 is 17.7 Å². The molecule has 0 N–H and O–H groups in total. The number of aryl methyl sites for hydroxylation is 1. The molecule has 1 aliphatic rings. The second-order valence-electron chi connectivity index (χ2n) is 5.06. The summed E-state index contributed by atoms with van der Waals surface area (Å²) in [5.74, 6) is -0.295. The summed E-state index contributed by atoms with van der Waals surface area (Å²) in [5, 5.41) is 0.402. The third-order valence-electron chi connectivity index (χ3n) is 3.70. The van der Waals surface area contributed by atoms with Crippen molar-refractivity contribution in [2.24, 2.45) is 0 Å². The molecule has 2 aromatic rings. The number of esters is 1. The first kappa shape index (κ1) is 14.1. The van der Waals surface area contributed by atoms with Crippen LogP contribution in [0.15, 0.2) is 47.5 Å². The first-order valence-corrected chi connectivity index (χ1v) is 7.94. The molecule has 3 nitrogen and oxygen atoms in total. The number of rotatable bonds is 3. The molecular weight excluding hydrogens is 282 g/mol. The minimum absolute atomic E-state index is 0.295. The predicted octanol–water partition coefficient (Wildman–Crippen LogP) is 4.04. The largest absolute Gasteiger partial charge is 0.465 e. The number of methoxy groups -OCH3 is 1. The Morgan fingerprint density at radius 3 is 2.86 bits per heavy atom. The molecule has 0 amide bonds. The number of benzene rings is 1. The van der Waals surface area contributed by atoms with Gasteiger partial charge in [-0.15, -0.1) is 11.8 Å². The molecule has 4 heteroatoms. The first-order chi connectivity index (χ1) is 10.3. The van der Waals surface area contributed by atoms with Crippen molar-refractivity contribution in [3.8, 4) is 0 Å². The Balaban J connectivity index is 1.77. The highest BCUT2D eigenvalue weighted by molar-refractivity contribution is 7.99. The molecule has 108 valence electrons. The van der Waals surface area contributed by atoms with E-state index in [1.807, 2.05) is 48.3 Å². The fraction of sp³-hybridized carbons (Fsp3) is 0.294. The second-order valence-corrected chi connectivity index (χ2v) is 6.34. The summed E-state index contributed by atoms with van der Waals surface area (Å²) in [6, 6.07) is 11.8. The van der Waals surface area contributed by atoms with Crippen molar-refractivity contribution in [3.05, 3.63) is 59.4 Å². The number of hydrogen-bond donors (Lipinski definition) is 0. The molecule has 0 aliphatic heterocycles. The highest BCUT2D eigenvalue weighted by Gasteiger charge is 2.22. The number of thioether (sulfide) groups is 1. The van der Waals surface area contributed by atoms with Crippen molar-refractivity contribution in [1.82, 2.24) is 4.98 Å². The minimum atomic E-state index is -0.295. The lowest BCUT2D eigenvalue weighted by molar-refractivity contribution is 0.0600. The van der Waals surface area contributed by atoms with Gasteiger partial charge in [0.05, 0.1) is 23.6 Å². The van der Waals surface area contributed by atoms with Gasteiger partial charge in [-0.3, -0.25) is 4.98 Å². The van der Waals surface area contributed by atoms with Crippen LogP contribution in [-0.4, -0.2) is 18.1 Å². The lowest BCUT2D eigenvalue weighted by Crippen LogP contribution is -2.09. The van der Waals surface area contributed by atoms with Crippen LogP contribution in [0.2, 0.25) is 0 Å². The first-order valence-electron chi connectivity index (χ1n) is 7.07. The molecular formula is C17H17NO2S. The number of fused-ring (bicyclic) bond motifs is 1. The van der Waals surface area contributed by atoms with E-state index in [9.17, 15) is 4.79 Å². The molecule has 1 unspecified atom stereocenters. The summed E-state index contributed by atoms with van der Waals surface area (Å²) in [4.78, 5) is 17.2. The topological polar surface area (TPSA) is 39.2 Å². The molecule has 3 rings (SSSR count). The number of pyridine rings is 1. The minimum Gasteiger partial charge on any atom is -0.465 e. The van der Waals surface area contributed by atoms with Gasteiger partial charge in [0.25, 0.3) is 0 Å². The van der Waals surface area contributed by atoms with Crippen LogP contribution in [-0.2, 0) is 11.2 Å². The van der Waals surface area contributed by atoms with Crippen LogP contribution in [0.25, 0.3) is 0 Å². The Morgan fingerprint density at radius 2 is 2.10 bits per heavy atom. The van der Waals surface area contributed by atoms with Crippen LogP contribution >= 0.6 is 11.8 Å². The van der Waals surface area contributed by atoms with Gasteiger partial charge in [0.2, 0.25) is 0 Å². The SMILES string of the molecule is COC(=O)c1ccc(SC2CCCc3cccnc32)cc1. The molecule has 0 radical (unpaired) electrons. The third kappa shape index (κ3) is 3.10. The van der Waals surface area contributed by atoms with Gasteiger partial charge >= 0.3 is 5.97 Å². The zero-order valence-electron chi connectivity index (χ0n) is 11.9. The van der Waals surface area contributed by atoms with Crippen LogP contribution in [0, 0.1) is 0 Å². The molecule has 1 aromatic carbocycles. The summed E-state index contributed by atoms with van der Waals surface area (Å²) in [6.07, 6.45) is 5.35. The normalized spacial score (nSPS) is 17.1. The van der Waals surface area contributed by atoms with Gasteiger partial charge < -0.3 is 4.74 Å². The van der Waals surface area contributed by atoms with Crippen LogP contribution in [0.4, 0.5) is 0 Å². The van der Waals surface area contributed by atoms with Crippen LogP contribution in [0.3, 0.4) is 0 Å². The average Bonchev–Trinajstić information content (AvgIpc) is 2.55. The van der Waals surface area contributed by atoms with E-state index in [1.165, 1.54) is 24.8 Å².